The van der Waals surface area contributed by atoms with E-state index in [0.29, 0.717) is 23.5 Å². The van der Waals surface area contributed by atoms with Crippen molar-refractivity contribution in [2.45, 2.75) is 65.2 Å². The average Bonchev–Trinajstić information content (AvgIpc) is 2.83. The van der Waals surface area contributed by atoms with Gasteiger partial charge >= 0.3 is 0 Å². The van der Waals surface area contributed by atoms with Crippen LogP contribution in [0.1, 0.15) is 73.4 Å². The van der Waals surface area contributed by atoms with E-state index in [9.17, 15) is 19.7 Å². The molecule has 1 N–H and O–H groups in total. The fraction of sp³-hybridized carbons (Fsp3) is 0.481. The van der Waals surface area contributed by atoms with E-state index in [4.69, 9.17) is 4.74 Å². The van der Waals surface area contributed by atoms with E-state index in [2.05, 4.69) is 5.32 Å². The van der Waals surface area contributed by atoms with Gasteiger partial charge in [-0.25, -0.2) is 0 Å². The second-order valence-electron chi connectivity index (χ2n) is 9.25. The number of unbranched alkanes of at least 4 members (excludes halogenated alkanes) is 1. The molecular formula is C27H34N2O5. The molecule has 7 heteroatoms. The van der Waals surface area contributed by atoms with Crippen LogP contribution in [0.4, 0.5) is 11.4 Å². The van der Waals surface area contributed by atoms with Crippen LogP contribution in [-0.4, -0.2) is 23.7 Å². The largest absolute Gasteiger partial charge is 0.496 e. The van der Waals surface area contributed by atoms with E-state index in [1.807, 2.05) is 25.1 Å². The monoisotopic (exact) mass is 466 g/mol. The number of nitro groups is 1. The van der Waals surface area contributed by atoms with Crippen LogP contribution in [0.5, 0.6) is 5.75 Å². The molecule has 182 valence electrons. The number of carbonyl (C=O) groups excluding carboxylic acids is 2. The fourth-order valence-corrected chi connectivity index (χ4v) is 4.93. The number of carbonyl (C=O) groups is 2. The van der Waals surface area contributed by atoms with Crippen molar-refractivity contribution >= 4 is 23.1 Å². The molecule has 0 heterocycles. The maximum atomic E-state index is 12.7. The molecule has 1 fully saturated rings. The lowest BCUT2D eigenvalue weighted by molar-refractivity contribution is -0.385. The maximum Gasteiger partial charge on any atom is 0.273 e. The first-order valence-electron chi connectivity index (χ1n) is 12.0. The van der Waals surface area contributed by atoms with Crippen LogP contribution >= 0.6 is 0 Å². The Kier molecular flexibility index (Phi) is 8.79. The number of anilines is 1. The van der Waals surface area contributed by atoms with Gasteiger partial charge in [-0.05, 0) is 69.9 Å². The van der Waals surface area contributed by atoms with Crippen molar-refractivity contribution in [3.05, 3.63) is 63.2 Å². The summed E-state index contributed by atoms with van der Waals surface area (Å²) in [6.07, 6.45) is 7.10. The number of hydrogen-bond acceptors (Lipinski definition) is 5. The van der Waals surface area contributed by atoms with Crippen molar-refractivity contribution < 1.29 is 19.2 Å². The van der Waals surface area contributed by atoms with Gasteiger partial charge in [0.15, 0.2) is 5.78 Å². The number of aryl methyl sites for hydroxylation is 1. The molecule has 0 aliphatic heterocycles. The van der Waals surface area contributed by atoms with Crippen molar-refractivity contribution in [3.8, 4) is 5.75 Å². The smallest absolute Gasteiger partial charge is 0.273 e. The number of ether oxygens (including phenoxy) is 1. The minimum atomic E-state index is -0.402. The molecule has 0 radical (unpaired) electrons. The molecule has 34 heavy (non-hydrogen) atoms. The van der Waals surface area contributed by atoms with Gasteiger partial charge < -0.3 is 10.1 Å². The third-order valence-electron chi connectivity index (χ3n) is 6.91. The van der Waals surface area contributed by atoms with Gasteiger partial charge in [-0.15, -0.1) is 0 Å². The number of nitrogens with one attached hydrogen (secondary N) is 1. The summed E-state index contributed by atoms with van der Waals surface area (Å²) in [4.78, 5) is 35.6. The molecule has 3 rings (SSSR count). The van der Waals surface area contributed by atoms with Crippen LogP contribution in [0.25, 0.3) is 0 Å². The highest BCUT2D eigenvalue weighted by Crippen LogP contribution is 2.33. The topological polar surface area (TPSA) is 98.5 Å². The van der Waals surface area contributed by atoms with E-state index >= 15 is 0 Å². The number of benzene rings is 2. The first-order valence-corrected chi connectivity index (χ1v) is 12.0. The number of Topliss-reactive ketones (excluding diaryl/α,β-unsaturated/α-hetero) is 1. The van der Waals surface area contributed by atoms with Gasteiger partial charge in [0.05, 0.1) is 12.0 Å². The number of hydrogen-bond donors (Lipinski definition) is 1. The first kappa shape index (κ1) is 25.4. The number of methoxy groups -OCH3 is 1. The predicted molar refractivity (Wildman–Crippen MR) is 132 cm³/mol. The van der Waals surface area contributed by atoms with E-state index in [0.717, 1.165) is 61.9 Å². The minimum Gasteiger partial charge on any atom is -0.496 e. The molecule has 1 amide bonds. The van der Waals surface area contributed by atoms with Crippen LogP contribution in [0.2, 0.25) is 0 Å². The molecule has 0 spiro atoms. The van der Waals surface area contributed by atoms with E-state index < -0.39 is 4.92 Å². The van der Waals surface area contributed by atoms with E-state index in [1.54, 1.807) is 19.2 Å². The third kappa shape index (κ3) is 6.43. The molecule has 7 nitrogen and oxygen atoms in total. The van der Waals surface area contributed by atoms with Crippen LogP contribution in [0.15, 0.2) is 36.4 Å². The minimum absolute atomic E-state index is 0.0219. The van der Waals surface area contributed by atoms with Crippen molar-refractivity contribution in [2.75, 3.05) is 12.4 Å². The molecule has 0 saturated heterocycles. The molecule has 0 atom stereocenters. The van der Waals surface area contributed by atoms with E-state index in [-0.39, 0.29) is 23.3 Å². The molecular weight excluding hydrogens is 432 g/mol. The maximum absolute atomic E-state index is 12.7. The van der Waals surface area contributed by atoms with Gasteiger partial charge in [-0.1, -0.05) is 31.0 Å². The highest BCUT2D eigenvalue weighted by Gasteiger charge is 2.26. The Morgan fingerprint density at radius 3 is 2.50 bits per heavy atom. The average molecular weight is 467 g/mol. The summed E-state index contributed by atoms with van der Waals surface area (Å²) in [6.45, 7) is 3.42. The van der Waals surface area contributed by atoms with E-state index in [1.165, 1.54) is 13.0 Å². The van der Waals surface area contributed by atoms with Crippen molar-refractivity contribution in [1.82, 2.24) is 0 Å². The molecule has 2 aromatic rings. The van der Waals surface area contributed by atoms with Crippen molar-refractivity contribution in [2.24, 2.45) is 11.8 Å². The normalized spacial score (nSPS) is 17.7. The molecule has 2 aromatic carbocycles. The zero-order valence-corrected chi connectivity index (χ0v) is 20.3. The highest BCUT2D eigenvalue weighted by atomic mass is 16.6. The van der Waals surface area contributed by atoms with Crippen LogP contribution < -0.4 is 10.1 Å². The molecule has 1 aliphatic carbocycles. The van der Waals surface area contributed by atoms with Crippen molar-refractivity contribution in [3.63, 3.8) is 0 Å². The summed E-state index contributed by atoms with van der Waals surface area (Å²) in [7, 11) is 1.62. The SMILES string of the molecule is COc1cc(NC(=O)C2CCC(CCCCc3c(C(C)=O)cccc3[N+](=O)[O-])CC2)ccc1C. The standard InChI is InChI=1S/C27H34N2O5/c1-18-11-16-22(17-26(18)34-3)28-27(31)21-14-12-20(13-15-21)7-4-5-8-24-23(19(2)30)9-6-10-25(24)29(32)33/h6,9-11,16-17,20-21H,4-5,7-8,12-15H2,1-3H3,(H,28,31). The summed E-state index contributed by atoms with van der Waals surface area (Å²) in [5.41, 5.74) is 2.82. The number of ketones is 1. The number of nitro benzene ring substituents is 1. The summed E-state index contributed by atoms with van der Waals surface area (Å²) >= 11 is 0. The van der Waals surface area contributed by atoms with Crippen molar-refractivity contribution in [1.29, 1.82) is 0 Å². The zero-order valence-electron chi connectivity index (χ0n) is 20.3. The Bertz CT molecular complexity index is 1010. The summed E-state index contributed by atoms with van der Waals surface area (Å²) < 4.78 is 5.34. The summed E-state index contributed by atoms with van der Waals surface area (Å²) in [6, 6.07) is 10.4. The predicted octanol–water partition coefficient (Wildman–Crippen LogP) is 6.27. The zero-order chi connectivity index (χ0) is 24.7. The molecule has 0 aromatic heterocycles. The Morgan fingerprint density at radius 1 is 1.12 bits per heavy atom. The summed E-state index contributed by atoms with van der Waals surface area (Å²) in [5, 5.41) is 14.4. The second kappa shape index (κ2) is 11.8. The fourth-order valence-electron chi connectivity index (χ4n) is 4.93. The Balaban J connectivity index is 1.45. The lowest BCUT2D eigenvalue weighted by atomic mass is 9.79. The Hall–Kier alpha value is -3.22. The van der Waals surface area contributed by atoms with Crippen LogP contribution in [-0.2, 0) is 11.2 Å². The third-order valence-corrected chi connectivity index (χ3v) is 6.91. The van der Waals surface area contributed by atoms with Gasteiger partial charge in [0.1, 0.15) is 5.75 Å². The Labute approximate surface area is 201 Å². The molecule has 0 unspecified atom stereocenters. The quantitative estimate of drug-likeness (QED) is 0.192. The van der Waals surface area contributed by atoms with Gasteiger partial charge in [0, 0.05) is 34.9 Å². The molecule has 1 aliphatic rings. The first-order chi connectivity index (χ1) is 16.3. The molecule has 0 bridgehead atoms. The van der Waals surface area contributed by atoms with Crippen LogP contribution in [0, 0.1) is 28.9 Å². The highest BCUT2D eigenvalue weighted by molar-refractivity contribution is 5.96. The number of nitrogens with zero attached hydrogens (tertiary/aromatic N) is 1. The van der Waals surface area contributed by atoms with Gasteiger partial charge in [0.25, 0.3) is 5.69 Å². The van der Waals surface area contributed by atoms with Gasteiger partial charge in [-0.2, -0.15) is 0 Å². The number of amides is 1. The second-order valence-corrected chi connectivity index (χ2v) is 9.25. The lowest BCUT2D eigenvalue weighted by Crippen LogP contribution is -2.27. The Morgan fingerprint density at radius 2 is 1.85 bits per heavy atom. The lowest BCUT2D eigenvalue weighted by Gasteiger charge is -2.28. The van der Waals surface area contributed by atoms with Gasteiger partial charge in [-0.3, -0.25) is 19.7 Å². The van der Waals surface area contributed by atoms with Gasteiger partial charge in [0.2, 0.25) is 5.91 Å². The summed E-state index contributed by atoms with van der Waals surface area (Å²) in [5.74, 6) is 1.28. The molecule has 1 saturated carbocycles. The number of rotatable bonds is 10. The van der Waals surface area contributed by atoms with Crippen LogP contribution in [0.3, 0.4) is 0 Å².